The second-order valence-electron chi connectivity index (χ2n) is 4.60. The Hall–Kier alpha value is -2.37. The van der Waals surface area contributed by atoms with Gasteiger partial charge in [0, 0.05) is 11.6 Å². The van der Waals surface area contributed by atoms with Gasteiger partial charge in [0.15, 0.2) is 0 Å². The van der Waals surface area contributed by atoms with Crippen molar-refractivity contribution in [2.24, 2.45) is 0 Å². The fourth-order valence-corrected chi connectivity index (χ4v) is 1.98. The molecule has 112 valence electrons. The quantitative estimate of drug-likeness (QED) is 0.920. The lowest BCUT2D eigenvalue weighted by molar-refractivity contribution is -0.115. The predicted octanol–water partition coefficient (Wildman–Crippen LogP) is 3.01. The molecular weight excluding hydrogens is 275 g/mol. The molecule has 0 aliphatic carbocycles. The molecule has 0 radical (unpaired) electrons. The molecule has 5 nitrogen and oxygen atoms in total. The van der Waals surface area contributed by atoms with E-state index in [1.807, 2.05) is 0 Å². The number of halogens is 1. The van der Waals surface area contributed by atoms with E-state index in [4.69, 9.17) is 9.26 Å². The number of hydrogen-bond acceptors (Lipinski definition) is 4. The van der Waals surface area contributed by atoms with Gasteiger partial charge in [-0.1, -0.05) is 5.16 Å². The fraction of sp³-hybridized carbons (Fsp3) is 0.333. The summed E-state index contributed by atoms with van der Waals surface area (Å²) in [7, 11) is 0. The first-order valence-electron chi connectivity index (χ1n) is 6.65. The molecule has 0 saturated heterocycles. The van der Waals surface area contributed by atoms with Crippen molar-refractivity contribution in [2.45, 2.75) is 27.2 Å². The van der Waals surface area contributed by atoms with Crippen molar-refractivity contribution in [2.75, 3.05) is 11.9 Å². The number of rotatable bonds is 5. The van der Waals surface area contributed by atoms with E-state index < -0.39 is 5.82 Å². The first-order valence-corrected chi connectivity index (χ1v) is 6.65. The van der Waals surface area contributed by atoms with Crippen LogP contribution < -0.4 is 10.1 Å². The Balaban J connectivity index is 2.13. The molecule has 0 bridgehead atoms. The Bertz CT molecular complexity index is 633. The van der Waals surface area contributed by atoms with Crippen molar-refractivity contribution in [3.8, 4) is 5.75 Å². The highest BCUT2D eigenvalue weighted by Gasteiger charge is 2.15. The van der Waals surface area contributed by atoms with Gasteiger partial charge in [0.2, 0.25) is 5.91 Å². The van der Waals surface area contributed by atoms with Crippen LogP contribution in [0.3, 0.4) is 0 Å². The molecule has 0 aliphatic heterocycles. The van der Waals surface area contributed by atoms with Crippen molar-refractivity contribution in [3.05, 3.63) is 41.0 Å². The molecule has 21 heavy (non-hydrogen) atoms. The third-order valence-corrected chi connectivity index (χ3v) is 3.04. The molecule has 1 amide bonds. The SMILES string of the molecule is CCOc1cc(F)ccc1NC(=O)Cc1c(C)noc1C. The summed E-state index contributed by atoms with van der Waals surface area (Å²) in [6.07, 6.45) is 0.143. The highest BCUT2D eigenvalue weighted by atomic mass is 19.1. The maximum absolute atomic E-state index is 13.2. The van der Waals surface area contributed by atoms with Gasteiger partial charge < -0.3 is 14.6 Å². The van der Waals surface area contributed by atoms with Crippen molar-refractivity contribution in [1.29, 1.82) is 0 Å². The molecule has 1 aromatic heterocycles. The minimum absolute atomic E-state index is 0.143. The number of carbonyl (C=O) groups is 1. The van der Waals surface area contributed by atoms with Crippen LogP contribution in [0.2, 0.25) is 0 Å². The first-order chi connectivity index (χ1) is 10.0. The van der Waals surface area contributed by atoms with Crippen molar-refractivity contribution >= 4 is 11.6 Å². The summed E-state index contributed by atoms with van der Waals surface area (Å²) in [5.41, 5.74) is 1.88. The summed E-state index contributed by atoms with van der Waals surface area (Å²) in [4.78, 5) is 12.1. The summed E-state index contributed by atoms with van der Waals surface area (Å²) in [5.74, 6) is 0.274. The molecule has 0 atom stereocenters. The molecule has 0 unspecified atom stereocenters. The lowest BCUT2D eigenvalue weighted by Crippen LogP contribution is -2.16. The second-order valence-corrected chi connectivity index (χ2v) is 4.60. The highest BCUT2D eigenvalue weighted by molar-refractivity contribution is 5.93. The van der Waals surface area contributed by atoms with Crippen LogP contribution in [0, 0.1) is 19.7 Å². The number of aryl methyl sites for hydroxylation is 2. The molecule has 6 heteroatoms. The van der Waals surface area contributed by atoms with E-state index in [-0.39, 0.29) is 12.3 Å². The van der Waals surface area contributed by atoms with Crippen LogP contribution in [0.1, 0.15) is 23.9 Å². The van der Waals surface area contributed by atoms with Crippen LogP contribution in [0.15, 0.2) is 22.7 Å². The lowest BCUT2D eigenvalue weighted by atomic mass is 10.1. The fourth-order valence-electron chi connectivity index (χ4n) is 1.98. The maximum atomic E-state index is 13.2. The lowest BCUT2D eigenvalue weighted by Gasteiger charge is -2.11. The molecule has 2 rings (SSSR count). The molecular formula is C15H17FN2O3. The second kappa shape index (κ2) is 6.39. The predicted molar refractivity (Wildman–Crippen MR) is 75.9 cm³/mol. The van der Waals surface area contributed by atoms with E-state index in [0.29, 0.717) is 29.5 Å². The van der Waals surface area contributed by atoms with Gasteiger partial charge in [0.1, 0.15) is 17.3 Å². The molecule has 1 N–H and O–H groups in total. The van der Waals surface area contributed by atoms with Gasteiger partial charge in [0.05, 0.1) is 24.4 Å². The monoisotopic (exact) mass is 292 g/mol. The van der Waals surface area contributed by atoms with E-state index in [0.717, 1.165) is 5.56 Å². The molecule has 1 heterocycles. The van der Waals surface area contributed by atoms with Crippen molar-refractivity contribution < 1.29 is 18.4 Å². The van der Waals surface area contributed by atoms with Crippen molar-refractivity contribution in [1.82, 2.24) is 5.16 Å². The highest BCUT2D eigenvalue weighted by Crippen LogP contribution is 2.26. The zero-order valence-electron chi connectivity index (χ0n) is 12.2. The van der Waals surface area contributed by atoms with E-state index >= 15 is 0 Å². The summed E-state index contributed by atoms with van der Waals surface area (Å²) < 4.78 is 23.5. The van der Waals surface area contributed by atoms with Crippen LogP contribution >= 0.6 is 0 Å². The number of ether oxygens (including phenoxy) is 1. The Morgan fingerprint density at radius 1 is 1.43 bits per heavy atom. The van der Waals surface area contributed by atoms with E-state index in [1.165, 1.54) is 18.2 Å². The third kappa shape index (κ3) is 3.59. The van der Waals surface area contributed by atoms with Gasteiger partial charge in [-0.25, -0.2) is 4.39 Å². The van der Waals surface area contributed by atoms with Gasteiger partial charge >= 0.3 is 0 Å². The summed E-state index contributed by atoms with van der Waals surface area (Å²) in [6, 6.07) is 3.99. The molecule has 2 aromatic rings. The Kier molecular flexibility index (Phi) is 4.57. The summed E-state index contributed by atoms with van der Waals surface area (Å²) in [6.45, 7) is 5.71. The molecule has 0 spiro atoms. The smallest absolute Gasteiger partial charge is 0.229 e. The number of carbonyl (C=O) groups excluding carboxylic acids is 1. The van der Waals surface area contributed by atoms with Crippen LogP contribution in [-0.4, -0.2) is 17.7 Å². The average Bonchev–Trinajstić information content (AvgIpc) is 2.74. The number of amides is 1. The number of nitrogens with one attached hydrogen (secondary N) is 1. The molecule has 0 saturated carbocycles. The Labute approximate surface area is 122 Å². The minimum Gasteiger partial charge on any atom is -0.492 e. The molecule has 0 aliphatic rings. The normalized spacial score (nSPS) is 10.5. The van der Waals surface area contributed by atoms with Crippen LogP contribution in [0.25, 0.3) is 0 Å². The maximum Gasteiger partial charge on any atom is 0.229 e. The van der Waals surface area contributed by atoms with E-state index in [2.05, 4.69) is 10.5 Å². The number of hydrogen-bond donors (Lipinski definition) is 1. The van der Waals surface area contributed by atoms with Gasteiger partial charge in [0.25, 0.3) is 0 Å². The zero-order chi connectivity index (χ0) is 15.4. The van der Waals surface area contributed by atoms with Gasteiger partial charge in [-0.2, -0.15) is 0 Å². The summed E-state index contributed by atoms with van der Waals surface area (Å²) >= 11 is 0. The Morgan fingerprint density at radius 2 is 2.19 bits per heavy atom. The van der Waals surface area contributed by atoms with E-state index in [1.54, 1.807) is 20.8 Å². The minimum atomic E-state index is -0.415. The van der Waals surface area contributed by atoms with Crippen molar-refractivity contribution in [3.63, 3.8) is 0 Å². The zero-order valence-corrected chi connectivity index (χ0v) is 12.2. The Morgan fingerprint density at radius 3 is 2.81 bits per heavy atom. The van der Waals surface area contributed by atoms with Crippen LogP contribution in [0.5, 0.6) is 5.75 Å². The number of anilines is 1. The standard InChI is InChI=1S/C15H17FN2O3/c1-4-20-14-7-11(16)5-6-13(14)17-15(19)8-12-9(2)18-21-10(12)3/h5-7H,4,8H2,1-3H3,(H,17,19). The van der Waals surface area contributed by atoms with Gasteiger partial charge in [-0.15, -0.1) is 0 Å². The topological polar surface area (TPSA) is 64.4 Å². The largest absolute Gasteiger partial charge is 0.492 e. The number of nitrogens with zero attached hydrogens (tertiary/aromatic N) is 1. The van der Waals surface area contributed by atoms with E-state index in [9.17, 15) is 9.18 Å². The third-order valence-electron chi connectivity index (χ3n) is 3.04. The van der Waals surface area contributed by atoms with Gasteiger partial charge in [-0.3, -0.25) is 4.79 Å². The first kappa shape index (κ1) is 15.0. The summed E-state index contributed by atoms with van der Waals surface area (Å²) in [5, 5.41) is 6.52. The average molecular weight is 292 g/mol. The van der Waals surface area contributed by atoms with Crippen LogP contribution in [-0.2, 0) is 11.2 Å². The molecule has 1 aromatic carbocycles. The number of benzene rings is 1. The molecule has 0 fully saturated rings. The van der Waals surface area contributed by atoms with Gasteiger partial charge in [-0.05, 0) is 32.9 Å². The number of aromatic nitrogens is 1. The van der Waals surface area contributed by atoms with Crippen LogP contribution in [0.4, 0.5) is 10.1 Å².